The average Bonchev–Trinajstić information content (AvgIpc) is 2.83. The number of rotatable bonds is 5. The minimum Gasteiger partial charge on any atom is -0.497 e. The molecule has 2 aliphatic rings. The molecule has 1 amide bonds. The molecule has 0 spiro atoms. The Morgan fingerprint density at radius 2 is 2.00 bits per heavy atom. The number of halogens is 3. The van der Waals surface area contributed by atoms with E-state index >= 15 is 0 Å². The first kappa shape index (κ1) is 25.3. The number of hydrogen-bond acceptors (Lipinski definition) is 4. The number of likely N-dealkylation sites (tertiary alicyclic amines) is 1. The number of hydrogen-bond donors (Lipinski definition) is 2. The highest BCUT2D eigenvalue weighted by atomic mass is 19.4. The summed E-state index contributed by atoms with van der Waals surface area (Å²) in [4.78, 5) is 14.9. The van der Waals surface area contributed by atoms with E-state index in [0.29, 0.717) is 18.4 Å². The van der Waals surface area contributed by atoms with E-state index in [4.69, 9.17) is 4.74 Å². The molecule has 1 aliphatic carbocycles. The second-order valence-corrected chi connectivity index (χ2v) is 9.68. The van der Waals surface area contributed by atoms with Crippen LogP contribution in [0.1, 0.15) is 36.0 Å². The molecule has 5 nitrogen and oxygen atoms in total. The molecule has 0 radical (unpaired) electrons. The number of ether oxygens (including phenoxy) is 1. The maximum Gasteiger partial charge on any atom is 0.416 e. The van der Waals surface area contributed by atoms with Crippen LogP contribution in [0.5, 0.6) is 5.75 Å². The highest BCUT2D eigenvalue weighted by Gasteiger charge is 2.51. The van der Waals surface area contributed by atoms with Crippen LogP contribution in [0.15, 0.2) is 54.6 Å². The molecule has 1 heterocycles. The number of aliphatic hydroxyl groups is 1. The largest absolute Gasteiger partial charge is 0.497 e. The molecule has 1 aliphatic heterocycles. The number of nitrogens with one attached hydrogen (secondary N) is 1. The number of alkyl halides is 3. The van der Waals surface area contributed by atoms with Crippen molar-refractivity contribution in [1.82, 2.24) is 10.2 Å². The Kier molecular flexibility index (Phi) is 7.24. The predicted octanol–water partition coefficient (Wildman–Crippen LogP) is 4.26. The van der Waals surface area contributed by atoms with Gasteiger partial charge in [0.1, 0.15) is 5.75 Å². The van der Waals surface area contributed by atoms with Crippen molar-refractivity contribution in [2.24, 2.45) is 5.92 Å². The van der Waals surface area contributed by atoms with E-state index in [1.165, 1.54) is 24.3 Å². The average molecular weight is 489 g/mol. The molecule has 2 aromatic rings. The fraction of sp³-hybridized carbons (Fsp3) is 0.444. The lowest BCUT2D eigenvalue weighted by Crippen LogP contribution is -2.60. The van der Waals surface area contributed by atoms with Gasteiger partial charge in [0.2, 0.25) is 5.91 Å². The summed E-state index contributed by atoms with van der Waals surface area (Å²) >= 11 is 0. The van der Waals surface area contributed by atoms with Crippen molar-refractivity contribution in [3.05, 3.63) is 71.3 Å². The monoisotopic (exact) mass is 488 g/mol. The van der Waals surface area contributed by atoms with Crippen molar-refractivity contribution >= 4 is 12.0 Å². The van der Waals surface area contributed by atoms with Crippen molar-refractivity contribution < 1.29 is 27.8 Å². The first-order valence-corrected chi connectivity index (χ1v) is 11.8. The zero-order chi connectivity index (χ0) is 25.2. The van der Waals surface area contributed by atoms with E-state index in [0.717, 1.165) is 43.0 Å². The van der Waals surface area contributed by atoms with Crippen molar-refractivity contribution in [1.29, 1.82) is 0 Å². The normalized spacial score (nSPS) is 27.4. The van der Waals surface area contributed by atoms with Crippen LogP contribution >= 0.6 is 0 Å². The van der Waals surface area contributed by atoms with Gasteiger partial charge in [0.25, 0.3) is 0 Å². The molecule has 188 valence electrons. The maximum atomic E-state index is 13.0. The van der Waals surface area contributed by atoms with Gasteiger partial charge in [-0.05, 0) is 74.3 Å². The van der Waals surface area contributed by atoms with Crippen molar-refractivity contribution in [2.45, 2.75) is 43.0 Å². The lowest BCUT2D eigenvalue weighted by atomic mass is 9.57. The van der Waals surface area contributed by atoms with Gasteiger partial charge in [0.05, 0.1) is 18.8 Å². The standard InChI is InChI=1S/C27H31F3N2O3/c1-32-12-11-26(19-6-4-8-22(14-19)35-2)16-21(15-24(33)23(26)17-32)31-25(34)10-9-18-5-3-7-20(13-18)27(28,29)30/h3-10,13-14,21,23-24,33H,11-12,15-17H2,1-2H3,(H,31,34)/b10-9+. The molecule has 0 bridgehead atoms. The second-order valence-electron chi connectivity index (χ2n) is 9.68. The number of aliphatic hydroxyl groups excluding tert-OH is 1. The number of nitrogens with zero attached hydrogens (tertiary/aromatic N) is 1. The summed E-state index contributed by atoms with van der Waals surface area (Å²) in [6.07, 6.45) is -0.489. The van der Waals surface area contributed by atoms with Crippen LogP contribution in [0.2, 0.25) is 0 Å². The third-order valence-electron chi connectivity index (χ3n) is 7.39. The van der Waals surface area contributed by atoms with Crippen LogP contribution in [0.3, 0.4) is 0 Å². The van der Waals surface area contributed by atoms with Gasteiger partial charge in [0.15, 0.2) is 0 Å². The molecule has 2 aromatic carbocycles. The van der Waals surface area contributed by atoms with Crippen molar-refractivity contribution in [2.75, 3.05) is 27.2 Å². The minimum absolute atomic E-state index is 0.0159. The Morgan fingerprint density at radius 3 is 2.74 bits per heavy atom. The Bertz CT molecular complexity index is 1090. The number of methoxy groups -OCH3 is 1. The number of benzene rings is 2. The SMILES string of the molecule is COc1cccc(C23CCN(C)CC2C(O)CC(NC(=O)/C=C/c2cccc(C(F)(F)F)c2)C3)c1. The van der Waals surface area contributed by atoms with Gasteiger partial charge in [-0.3, -0.25) is 4.79 Å². The van der Waals surface area contributed by atoms with Gasteiger partial charge in [-0.25, -0.2) is 0 Å². The Balaban J connectivity index is 1.53. The lowest BCUT2D eigenvalue weighted by molar-refractivity contribution is -0.137. The topological polar surface area (TPSA) is 61.8 Å². The summed E-state index contributed by atoms with van der Waals surface area (Å²) in [6, 6.07) is 12.5. The highest BCUT2D eigenvalue weighted by Crippen LogP contribution is 2.49. The molecular weight excluding hydrogens is 457 g/mol. The van der Waals surface area contributed by atoms with Crippen LogP contribution in [0.4, 0.5) is 13.2 Å². The van der Waals surface area contributed by atoms with E-state index in [1.807, 2.05) is 18.2 Å². The van der Waals surface area contributed by atoms with Crippen LogP contribution in [-0.4, -0.2) is 55.3 Å². The molecule has 1 saturated carbocycles. The molecule has 2 N–H and O–H groups in total. The molecule has 8 heteroatoms. The molecule has 0 aromatic heterocycles. The third-order valence-corrected chi connectivity index (χ3v) is 7.39. The van der Waals surface area contributed by atoms with E-state index in [9.17, 15) is 23.1 Å². The van der Waals surface area contributed by atoms with Gasteiger partial charge in [0, 0.05) is 30.0 Å². The summed E-state index contributed by atoms with van der Waals surface area (Å²) in [5.74, 6) is 0.369. The number of fused-ring (bicyclic) bond motifs is 1. The molecule has 35 heavy (non-hydrogen) atoms. The first-order valence-electron chi connectivity index (χ1n) is 11.8. The second kappa shape index (κ2) is 10.0. The van der Waals surface area contributed by atoms with Gasteiger partial charge >= 0.3 is 6.18 Å². The van der Waals surface area contributed by atoms with Crippen LogP contribution in [-0.2, 0) is 16.4 Å². The Labute approximate surface area is 203 Å². The lowest BCUT2D eigenvalue weighted by Gasteiger charge is -2.54. The van der Waals surface area contributed by atoms with Crippen molar-refractivity contribution in [3.63, 3.8) is 0 Å². The van der Waals surface area contributed by atoms with Crippen LogP contribution in [0.25, 0.3) is 6.08 Å². The number of amides is 1. The molecular formula is C27H31F3N2O3. The molecule has 2 fully saturated rings. The van der Waals surface area contributed by atoms with Gasteiger partial charge in [-0.15, -0.1) is 0 Å². The summed E-state index contributed by atoms with van der Waals surface area (Å²) in [5.41, 5.74) is 0.305. The molecule has 4 unspecified atom stereocenters. The Morgan fingerprint density at radius 1 is 1.23 bits per heavy atom. The molecule has 4 atom stereocenters. The van der Waals surface area contributed by atoms with Crippen molar-refractivity contribution in [3.8, 4) is 5.75 Å². The maximum absolute atomic E-state index is 13.0. The van der Waals surface area contributed by atoms with E-state index in [2.05, 4.69) is 23.3 Å². The number of carbonyl (C=O) groups excluding carboxylic acids is 1. The van der Waals surface area contributed by atoms with Crippen LogP contribution < -0.4 is 10.1 Å². The summed E-state index contributed by atoms with van der Waals surface area (Å²) in [7, 11) is 3.67. The fourth-order valence-electron chi connectivity index (χ4n) is 5.66. The smallest absolute Gasteiger partial charge is 0.416 e. The summed E-state index contributed by atoms with van der Waals surface area (Å²) < 4.78 is 44.3. The number of piperidine rings is 1. The predicted molar refractivity (Wildman–Crippen MR) is 128 cm³/mol. The van der Waals surface area contributed by atoms with Gasteiger partial charge in [-0.2, -0.15) is 13.2 Å². The zero-order valence-electron chi connectivity index (χ0n) is 19.9. The fourth-order valence-corrected chi connectivity index (χ4v) is 5.66. The summed E-state index contributed by atoms with van der Waals surface area (Å²) in [6.45, 7) is 1.63. The third kappa shape index (κ3) is 5.54. The highest BCUT2D eigenvalue weighted by molar-refractivity contribution is 5.92. The van der Waals surface area contributed by atoms with Gasteiger partial charge in [-0.1, -0.05) is 24.3 Å². The molecule has 4 rings (SSSR count). The molecule has 1 saturated heterocycles. The van der Waals surface area contributed by atoms with E-state index < -0.39 is 23.8 Å². The minimum atomic E-state index is -4.44. The van der Waals surface area contributed by atoms with Gasteiger partial charge < -0.3 is 20.1 Å². The van der Waals surface area contributed by atoms with E-state index in [-0.39, 0.29) is 17.4 Å². The first-order chi connectivity index (χ1) is 16.6. The Hall–Kier alpha value is -2.84. The quantitative estimate of drug-likeness (QED) is 0.618. The number of carbonyl (C=O) groups is 1. The van der Waals surface area contributed by atoms with E-state index in [1.54, 1.807) is 7.11 Å². The zero-order valence-corrected chi connectivity index (χ0v) is 19.9. The summed E-state index contributed by atoms with van der Waals surface area (Å²) in [5, 5.41) is 14.1. The van der Waals surface area contributed by atoms with Crippen LogP contribution in [0, 0.1) is 5.92 Å².